The van der Waals surface area contributed by atoms with Crippen LogP contribution in [0.4, 0.5) is 8.78 Å². The van der Waals surface area contributed by atoms with Crippen molar-refractivity contribution in [1.29, 1.82) is 0 Å². The number of rotatable bonds is 17. The maximum atomic E-state index is 14.9. The predicted molar refractivity (Wildman–Crippen MR) is 229 cm³/mol. The monoisotopic (exact) mass is 864 g/mol. The second-order valence-electron chi connectivity index (χ2n) is 17.2. The normalized spacial score (nSPS) is 23.8. The van der Waals surface area contributed by atoms with Crippen LogP contribution in [-0.4, -0.2) is 146 Å². The molecular formula is C46H62F2N6O8. The second-order valence-corrected chi connectivity index (χ2v) is 17.2. The number of amides is 4. The van der Waals surface area contributed by atoms with Crippen molar-refractivity contribution in [2.24, 2.45) is 0 Å². The largest absolute Gasteiger partial charge is 0.391 e. The number of allylic oxidation sites excluding steroid dienone is 2. The number of hydrogen-bond acceptors (Lipinski definition) is 10. The summed E-state index contributed by atoms with van der Waals surface area (Å²) in [5.74, 6) is -2.38. The van der Waals surface area contributed by atoms with Crippen molar-refractivity contribution in [1.82, 2.24) is 31.1 Å². The molecule has 4 aliphatic rings. The van der Waals surface area contributed by atoms with Crippen molar-refractivity contribution in [3.05, 3.63) is 81.4 Å². The molecule has 2 saturated heterocycles. The van der Waals surface area contributed by atoms with Crippen LogP contribution in [0.25, 0.3) is 11.1 Å². The fourth-order valence-electron chi connectivity index (χ4n) is 9.36. The Morgan fingerprint density at radius 3 is 1.39 bits per heavy atom. The Labute approximate surface area is 362 Å². The van der Waals surface area contributed by atoms with Crippen LogP contribution in [0.1, 0.15) is 75.6 Å². The zero-order valence-corrected chi connectivity index (χ0v) is 36.9. The van der Waals surface area contributed by atoms with Gasteiger partial charge in [-0.25, -0.2) is 8.78 Å². The molecule has 6 rings (SSSR count). The van der Waals surface area contributed by atoms with Crippen molar-refractivity contribution in [3.63, 3.8) is 0 Å². The van der Waals surface area contributed by atoms with Crippen molar-refractivity contribution in [3.8, 4) is 0 Å². The van der Waals surface area contributed by atoms with E-state index in [1.54, 1.807) is 63.7 Å². The van der Waals surface area contributed by atoms with Crippen molar-refractivity contribution >= 4 is 34.8 Å². The van der Waals surface area contributed by atoms with Gasteiger partial charge in [-0.1, -0.05) is 12.1 Å². The zero-order valence-electron chi connectivity index (χ0n) is 36.9. The molecule has 2 aromatic carbocycles. The van der Waals surface area contributed by atoms with Crippen LogP contribution >= 0.6 is 0 Å². The van der Waals surface area contributed by atoms with Gasteiger partial charge < -0.3 is 50.8 Å². The highest BCUT2D eigenvalue weighted by Gasteiger charge is 2.44. The van der Waals surface area contributed by atoms with Gasteiger partial charge in [0.15, 0.2) is 0 Å². The topological polar surface area (TPSA) is 182 Å². The number of β-amino-alcohol motifs (C(OH)–C–C–N with tert-alkyl or cyclic N) is 2. The SMILES string of the molecule is CN[C@@H](C)C(=O)N[C@H](C(=O)N1C[C@@H](O)C[C@H]1CC1=C(C2=C(C[C@@H]3C[C@H](O)CN3C(=O)[C@@H](NC(=O)[C@H](C)NC)[C@@H](C)OC)c3ccc(F)cc3C2)Cc2cc(F)ccc21)[C@@H](C)OC. The quantitative estimate of drug-likeness (QED) is 0.138. The van der Waals surface area contributed by atoms with Crippen LogP contribution in [0.15, 0.2) is 47.5 Å². The predicted octanol–water partition coefficient (Wildman–Crippen LogP) is 2.24. The number of ether oxygens (including phenoxy) is 2. The van der Waals surface area contributed by atoms with Gasteiger partial charge >= 0.3 is 0 Å². The Kier molecular flexibility index (Phi) is 15.0. The molecule has 16 heteroatoms. The van der Waals surface area contributed by atoms with Gasteiger partial charge in [-0.05, 0) is 149 Å². The van der Waals surface area contributed by atoms with Crippen molar-refractivity contribution in [2.45, 2.75) is 127 Å². The minimum absolute atomic E-state index is 0.0380. The molecule has 2 aliphatic carbocycles. The van der Waals surface area contributed by atoms with E-state index in [-0.39, 0.29) is 37.7 Å². The molecule has 0 bridgehead atoms. The number of nitrogens with zero attached hydrogens (tertiary/aromatic N) is 2. The summed E-state index contributed by atoms with van der Waals surface area (Å²) in [5.41, 5.74) is 6.59. The van der Waals surface area contributed by atoms with Crippen LogP contribution in [0, 0.1) is 11.6 Å². The molecular weight excluding hydrogens is 803 g/mol. The molecule has 0 saturated carbocycles. The Morgan fingerprint density at radius 1 is 0.677 bits per heavy atom. The van der Waals surface area contributed by atoms with Gasteiger partial charge in [0, 0.05) is 39.4 Å². The van der Waals surface area contributed by atoms with E-state index in [2.05, 4.69) is 21.3 Å². The van der Waals surface area contributed by atoms with Gasteiger partial charge in [-0.2, -0.15) is 0 Å². The van der Waals surface area contributed by atoms with Gasteiger partial charge in [-0.15, -0.1) is 0 Å². The van der Waals surface area contributed by atoms with Gasteiger partial charge in [0.05, 0.1) is 36.5 Å². The summed E-state index contributed by atoms with van der Waals surface area (Å²) in [6.45, 7) is 6.83. The lowest BCUT2D eigenvalue weighted by Crippen LogP contribution is -2.57. The molecule has 2 aliphatic heterocycles. The van der Waals surface area contributed by atoms with Crippen LogP contribution in [-0.2, 0) is 41.5 Å². The number of carbonyl (C=O) groups excluding carboxylic acids is 4. The number of aliphatic hydroxyl groups excluding tert-OH is 2. The molecule has 62 heavy (non-hydrogen) atoms. The van der Waals surface area contributed by atoms with Gasteiger partial charge in [-0.3, -0.25) is 19.2 Å². The first-order chi connectivity index (χ1) is 29.5. The molecule has 10 atom stereocenters. The third kappa shape index (κ3) is 9.80. The number of aliphatic hydroxyl groups is 2. The number of benzene rings is 2. The minimum Gasteiger partial charge on any atom is -0.391 e. The highest BCUT2D eigenvalue weighted by Crippen LogP contribution is 2.48. The molecule has 0 aromatic heterocycles. The molecule has 2 aromatic rings. The van der Waals surface area contributed by atoms with E-state index in [9.17, 15) is 38.2 Å². The number of likely N-dealkylation sites (N-methyl/N-ethyl adjacent to an activating group) is 2. The fraction of sp³-hybridized carbons (Fsp3) is 0.565. The lowest BCUT2D eigenvalue weighted by molar-refractivity contribution is -0.141. The van der Waals surface area contributed by atoms with Gasteiger partial charge in [0.2, 0.25) is 23.6 Å². The summed E-state index contributed by atoms with van der Waals surface area (Å²) in [7, 11) is 6.21. The Hall–Kier alpha value is -4.58. The molecule has 14 nitrogen and oxygen atoms in total. The van der Waals surface area contributed by atoms with E-state index >= 15 is 0 Å². The Bertz CT molecular complexity index is 1950. The first-order valence-corrected chi connectivity index (χ1v) is 21.5. The number of hydrogen-bond donors (Lipinski definition) is 6. The molecule has 0 radical (unpaired) electrons. The molecule has 0 unspecified atom stereocenters. The summed E-state index contributed by atoms with van der Waals surface area (Å²) >= 11 is 0. The van der Waals surface area contributed by atoms with E-state index in [0.717, 1.165) is 44.5 Å². The van der Waals surface area contributed by atoms with Crippen LogP contribution in [0.5, 0.6) is 0 Å². The maximum Gasteiger partial charge on any atom is 0.248 e. The van der Waals surface area contributed by atoms with E-state index < -0.39 is 84.1 Å². The summed E-state index contributed by atoms with van der Waals surface area (Å²) in [6.07, 6.45) is -1.26. The van der Waals surface area contributed by atoms with Crippen LogP contribution in [0.2, 0.25) is 0 Å². The zero-order chi connectivity index (χ0) is 45.2. The lowest BCUT2D eigenvalue weighted by Gasteiger charge is -2.33. The van der Waals surface area contributed by atoms with Crippen LogP contribution in [0.3, 0.4) is 0 Å². The summed E-state index contributed by atoms with van der Waals surface area (Å²) in [5, 5.41) is 33.6. The number of likely N-dealkylation sites (tertiary alicyclic amines) is 2. The number of nitrogens with one attached hydrogen (secondary N) is 4. The Morgan fingerprint density at radius 2 is 1.05 bits per heavy atom. The van der Waals surface area contributed by atoms with Crippen molar-refractivity contribution < 1.29 is 47.6 Å². The lowest BCUT2D eigenvalue weighted by atomic mass is 9.89. The number of halogens is 2. The molecule has 2 heterocycles. The third-order valence-electron chi connectivity index (χ3n) is 13.3. The first kappa shape index (κ1) is 46.9. The second kappa shape index (κ2) is 19.9. The van der Waals surface area contributed by atoms with Gasteiger partial charge in [0.25, 0.3) is 0 Å². The van der Waals surface area contributed by atoms with Crippen molar-refractivity contribution in [2.75, 3.05) is 41.4 Å². The third-order valence-corrected chi connectivity index (χ3v) is 13.3. The number of carbonyl (C=O) groups is 4. The molecule has 0 spiro atoms. The molecule has 2 fully saturated rings. The standard InChI is InChI=1S/C46H62F2N6O8/c1-23(49-5)43(57)51-41(25(3)61-7)45(59)53-21-33(55)17-31(53)19-39-35-11-9-29(47)13-27(35)15-37(39)38-16-28-14-30(48)10-12-36(28)40(38)20-32-18-34(56)22-54(32)46(60)42(26(4)62-8)52-44(58)24(2)50-6/h9-14,23-26,31-34,41-42,49-50,55-56H,15-22H2,1-8H3,(H,51,57)(H,52,58)/t23-,24-,25+,26+,31-,32-,33-,34-,41-,42-/m0/s1. The Balaban J connectivity index is 1.40. The average Bonchev–Trinajstić information content (AvgIpc) is 4.02. The fourth-order valence-corrected chi connectivity index (χ4v) is 9.36. The average molecular weight is 865 g/mol. The van der Waals surface area contributed by atoms with E-state index in [1.807, 2.05) is 0 Å². The summed E-state index contributed by atoms with van der Waals surface area (Å²) in [6, 6.07) is 5.01. The summed E-state index contributed by atoms with van der Waals surface area (Å²) in [4.78, 5) is 58.1. The first-order valence-electron chi connectivity index (χ1n) is 21.5. The highest BCUT2D eigenvalue weighted by atomic mass is 19.1. The highest BCUT2D eigenvalue weighted by molar-refractivity contribution is 5.93. The minimum atomic E-state index is -1.04. The van der Waals surface area contributed by atoms with Crippen LogP contribution < -0.4 is 21.3 Å². The maximum absolute atomic E-state index is 14.9. The van der Waals surface area contributed by atoms with E-state index in [4.69, 9.17) is 9.47 Å². The molecule has 4 amide bonds. The number of methoxy groups -OCH3 is 2. The molecule has 338 valence electrons. The summed E-state index contributed by atoms with van der Waals surface area (Å²) < 4.78 is 41.0. The van der Waals surface area contributed by atoms with E-state index in [0.29, 0.717) is 25.7 Å². The number of fused-ring (bicyclic) bond motifs is 2. The smallest absolute Gasteiger partial charge is 0.248 e. The van der Waals surface area contributed by atoms with Gasteiger partial charge in [0.1, 0.15) is 23.7 Å². The molecule has 6 N–H and O–H groups in total. The van der Waals surface area contributed by atoms with E-state index in [1.165, 1.54) is 38.5 Å².